The molecule has 0 amide bonds. The van der Waals surface area contributed by atoms with E-state index in [-0.39, 0.29) is 5.38 Å². The number of hydrogen-bond donors (Lipinski definition) is 0. The van der Waals surface area contributed by atoms with Crippen LogP contribution in [0.3, 0.4) is 0 Å². The van der Waals surface area contributed by atoms with Gasteiger partial charge in [0.05, 0.1) is 11.5 Å². The minimum atomic E-state index is 0.149. The van der Waals surface area contributed by atoms with Gasteiger partial charge in [-0.15, -0.1) is 11.6 Å². The standard InChI is InChI=1S/C18H27ClO/c1-4-20-17-10-15(11-17)12-18(19)16-7-5-14(6-8-16)9-13(2)3/h5-8,13,15,17-18H,4,9-12H2,1-3H3. The molecule has 1 aliphatic carbocycles. The highest BCUT2D eigenvalue weighted by Gasteiger charge is 2.31. The average molecular weight is 295 g/mol. The molecule has 1 atom stereocenters. The molecule has 0 aliphatic heterocycles. The Bertz CT molecular complexity index is 392. The van der Waals surface area contributed by atoms with E-state index in [0.29, 0.717) is 12.0 Å². The lowest BCUT2D eigenvalue weighted by atomic mass is 9.78. The summed E-state index contributed by atoms with van der Waals surface area (Å²) < 4.78 is 5.60. The molecule has 0 heterocycles. The van der Waals surface area contributed by atoms with Gasteiger partial charge in [0.2, 0.25) is 0 Å². The van der Waals surface area contributed by atoms with Crippen molar-refractivity contribution in [1.82, 2.24) is 0 Å². The summed E-state index contributed by atoms with van der Waals surface area (Å²) in [5, 5.41) is 0.149. The maximum Gasteiger partial charge on any atom is 0.0587 e. The summed E-state index contributed by atoms with van der Waals surface area (Å²) in [7, 11) is 0. The minimum Gasteiger partial charge on any atom is -0.378 e. The second-order valence-corrected chi connectivity index (χ2v) is 6.98. The molecule has 1 saturated carbocycles. The Hall–Kier alpha value is -0.530. The van der Waals surface area contributed by atoms with Crippen LogP contribution in [-0.4, -0.2) is 12.7 Å². The van der Waals surface area contributed by atoms with E-state index in [2.05, 4.69) is 45.0 Å². The number of rotatable bonds is 7. The fourth-order valence-electron chi connectivity index (χ4n) is 3.00. The van der Waals surface area contributed by atoms with Crippen molar-refractivity contribution in [1.29, 1.82) is 0 Å². The highest BCUT2D eigenvalue weighted by molar-refractivity contribution is 6.20. The zero-order chi connectivity index (χ0) is 14.5. The normalized spacial score (nSPS) is 23.6. The van der Waals surface area contributed by atoms with E-state index in [4.69, 9.17) is 16.3 Å². The lowest BCUT2D eigenvalue weighted by molar-refractivity contribution is -0.0267. The zero-order valence-corrected chi connectivity index (χ0v) is 13.7. The quantitative estimate of drug-likeness (QED) is 0.614. The molecule has 0 radical (unpaired) electrons. The molecule has 112 valence electrons. The Morgan fingerprint density at radius 2 is 1.85 bits per heavy atom. The second-order valence-electron chi connectivity index (χ2n) is 6.46. The molecule has 1 aromatic carbocycles. The predicted octanol–water partition coefficient (Wildman–Crippen LogP) is 5.37. The summed E-state index contributed by atoms with van der Waals surface area (Å²) >= 11 is 6.56. The number of benzene rings is 1. The Morgan fingerprint density at radius 1 is 1.20 bits per heavy atom. The molecule has 0 saturated heterocycles. The van der Waals surface area contributed by atoms with Crippen molar-refractivity contribution in [2.45, 2.75) is 57.9 Å². The van der Waals surface area contributed by atoms with Crippen LogP contribution in [0.5, 0.6) is 0 Å². The van der Waals surface area contributed by atoms with Gasteiger partial charge in [0, 0.05) is 6.61 Å². The molecule has 0 aromatic heterocycles. The van der Waals surface area contributed by atoms with Crippen LogP contribution in [-0.2, 0) is 11.2 Å². The van der Waals surface area contributed by atoms with Crippen molar-refractivity contribution in [2.24, 2.45) is 11.8 Å². The first-order chi connectivity index (χ1) is 9.58. The molecule has 0 N–H and O–H groups in total. The SMILES string of the molecule is CCOC1CC(CC(Cl)c2ccc(CC(C)C)cc2)C1. The summed E-state index contributed by atoms with van der Waals surface area (Å²) in [4.78, 5) is 0. The van der Waals surface area contributed by atoms with Gasteiger partial charge < -0.3 is 4.74 Å². The largest absolute Gasteiger partial charge is 0.378 e. The van der Waals surface area contributed by atoms with E-state index in [0.717, 1.165) is 25.4 Å². The first-order valence-corrected chi connectivity index (χ1v) is 8.36. The third-order valence-corrected chi connectivity index (χ3v) is 4.55. The summed E-state index contributed by atoms with van der Waals surface area (Å²) in [6.45, 7) is 7.41. The molecule has 0 spiro atoms. The molecule has 1 unspecified atom stereocenters. The average Bonchev–Trinajstić information content (AvgIpc) is 2.36. The van der Waals surface area contributed by atoms with Crippen molar-refractivity contribution >= 4 is 11.6 Å². The van der Waals surface area contributed by atoms with Gasteiger partial charge in [0.15, 0.2) is 0 Å². The Balaban J connectivity index is 1.79. The maximum absolute atomic E-state index is 6.56. The number of ether oxygens (including phenoxy) is 1. The van der Waals surface area contributed by atoms with Crippen LogP contribution in [0.25, 0.3) is 0 Å². The fourth-order valence-corrected chi connectivity index (χ4v) is 3.40. The van der Waals surface area contributed by atoms with Gasteiger partial charge >= 0.3 is 0 Å². The summed E-state index contributed by atoms with van der Waals surface area (Å²) in [5.74, 6) is 1.45. The molecule has 2 rings (SSSR count). The predicted molar refractivity (Wildman–Crippen MR) is 86.3 cm³/mol. The lowest BCUT2D eigenvalue weighted by Crippen LogP contribution is -2.31. The van der Waals surface area contributed by atoms with Crippen molar-refractivity contribution in [3.63, 3.8) is 0 Å². The van der Waals surface area contributed by atoms with Crippen LogP contribution >= 0.6 is 11.6 Å². The topological polar surface area (TPSA) is 9.23 Å². The molecule has 0 bridgehead atoms. The number of hydrogen-bond acceptors (Lipinski definition) is 1. The van der Waals surface area contributed by atoms with Crippen molar-refractivity contribution < 1.29 is 4.74 Å². The van der Waals surface area contributed by atoms with E-state index in [1.807, 2.05) is 0 Å². The van der Waals surface area contributed by atoms with E-state index < -0.39 is 0 Å². The molecule has 1 fully saturated rings. The van der Waals surface area contributed by atoms with Gasteiger partial charge in [-0.2, -0.15) is 0 Å². The van der Waals surface area contributed by atoms with Gasteiger partial charge in [-0.1, -0.05) is 38.1 Å². The second kappa shape index (κ2) is 7.47. The van der Waals surface area contributed by atoms with E-state index in [1.54, 1.807) is 0 Å². The molecular weight excluding hydrogens is 268 g/mol. The van der Waals surface area contributed by atoms with Gasteiger partial charge in [-0.05, 0) is 55.6 Å². The first-order valence-electron chi connectivity index (χ1n) is 7.93. The summed E-state index contributed by atoms with van der Waals surface area (Å²) in [6.07, 6.45) is 5.08. The Morgan fingerprint density at radius 3 is 2.40 bits per heavy atom. The molecular formula is C18H27ClO. The molecule has 1 aromatic rings. The van der Waals surface area contributed by atoms with E-state index >= 15 is 0 Å². The van der Waals surface area contributed by atoms with Gasteiger partial charge in [-0.25, -0.2) is 0 Å². The Labute approximate surface area is 128 Å². The summed E-state index contributed by atoms with van der Waals surface area (Å²) in [6, 6.07) is 8.87. The van der Waals surface area contributed by atoms with Gasteiger partial charge in [0.25, 0.3) is 0 Å². The molecule has 2 heteroatoms. The zero-order valence-electron chi connectivity index (χ0n) is 12.9. The van der Waals surface area contributed by atoms with Crippen LogP contribution in [0.15, 0.2) is 24.3 Å². The minimum absolute atomic E-state index is 0.149. The highest BCUT2D eigenvalue weighted by Crippen LogP contribution is 2.39. The van der Waals surface area contributed by atoms with Crippen LogP contribution in [0.2, 0.25) is 0 Å². The van der Waals surface area contributed by atoms with Crippen LogP contribution in [0, 0.1) is 11.8 Å². The Kier molecular flexibility index (Phi) is 5.92. The van der Waals surface area contributed by atoms with Gasteiger partial charge in [-0.3, -0.25) is 0 Å². The first kappa shape index (κ1) is 15.9. The third-order valence-electron chi connectivity index (χ3n) is 4.12. The van der Waals surface area contributed by atoms with E-state index in [1.165, 1.54) is 24.0 Å². The van der Waals surface area contributed by atoms with Crippen LogP contribution < -0.4 is 0 Å². The summed E-state index contributed by atoms with van der Waals surface area (Å²) in [5.41, 5.74) is 2.67. The maximum atomic E-state index is 6.56. The highest BCUT2D eigenvalue weighted by atomic mass is 35.5. The molecule has 1 aliphatic rings. The molecule has 20 heavy (non-hydrogen) atoms. The monoisotopic (exact) mass is 294 g/mol. The van der Waals surface area contributed by atoms with Crippen molar-refractivity contribution in [2.75, 3.05) is 6.61 Å². The number of alkyl halides is 1. The van der Waals surface area contributed by atoms with Crippen LogP contribution in [0.1, 0.15) is 56.5 Å². The molecule has 1 nitrogen and oxygen atoms in total. The lowest BCUT2D eigenvalue weighted by Gasteiger charge is -2.36. The fraction of sp³-hybridized carbons (Fsp3) is 0.667. The third kappa shape index (κ3) is 4.49. The van der Waals surface area contributed by atoms with Crippen LogP contribution in [0.4, 0.5) is 0 Å². The number of halogens is 1. The smallest absolute Gasteiger partial charge is 0.0587 e. The van der Waals surface area contributed by atoms with Gasteiger partial charge in [0.1, 0.15) is 0 Å². The van der Waals surface area contributed by atoms with E-state index in [9.17, 15) is 0 Å². The van der Waals surface area contributed by atoms with Crippen molar-refractivity contribution in [3.05, 3.63) is 35.4 Å². The van der Waals surface area contributed by atoms with Crippen molar-refractivity contribution in [3.8, 4) is 0 Å².